The van der Waals surface area contributed by atoms with E-state index >= 15 is 0 Å². The summed E-state index contributed by atoms with van der Waals surface area (Å²) in [6.07, 6.45) is -0.464. The molecule has 5 nitrogen and oxygen atoms in total. The topological polar surface area (TPSA) is 63.7 Å². The van der Waals surface area contributed by atoms with E-state index in [1.54, 1.807) is 0 Å². The third kappa shape index (κ3) is 3.29. The van der Waals surface area contributed by atoms with E-state index in [4.69, 9.17) is 11.6 Å². The van der Waals surface area contributed by atoms with Crippen LogP contribution < -0.4 is 0 Å². The van der Waals surface area contributed by atoms with Gasteiger partial charge in [0.15, 0.2) is 0 Å². The fourth-order valence-corrected chi connectivity index (χ4v) is 5.07. The summed E-state index contributed by atoms with van der Waals surface area (Å²) in [7, 11) is -2.67. The van der Waals surface area contributed by atoms with Gasteiger partial charge >= 0.3 is 5.97 Å². The molecular formula is C13H14BrClFNO4S. The minimum atomic E-state index is -3.78. The molecule has 1 saturated heterocycles. The molecule has 0 amide bonds. The molecule has 0 aromatic heterocycles. The zero-order chi connectivity index (χ0) is 16.5. The van der Waals surface area contributed by atoms with Gasteiger partial charge in [-0.15, -0.1) is 0 Å². The van der Waals surface area contributed by atoms with Crippen LogP contribution in [0.3, 0.4) is 0 Å². The van der Waals surface area contributed by atoms with E-state index in [2.05, 4.69) is 20.7 Å². The average Bonchev–Trinajstić information content (AvgIpc) is 2.46. The SMILES string of the molecule is COC(=O)C1(F)CCN(S(=O)(=O)c2ccc(Cl)cc2Br)CC1. The summed E-state index contributed by atoms with van der Waals surface area (Å²) in [5.74, 6) is -0.961. The summed E-state index contributed by atoms with van der Waals surface area (Å²) < 4.78 is 45.4. The van der Waals surface area contributed by atoms with Crippen molar-refractivity contribution < 1.29 is 22.3 Å². The van der Waals surface area contributed by atoms with Crippen LogP contribution >= 0.6 is 27.5 Å². The third-order valence-corrected chi connectivity index (χ3v) is 6.69. The van der Waals surface area contributed by atoms with Gasteiger partial charge in [-0.2, -0.15) is 4.31 Å². The number of ether oxygens (including phenoxy) is 1. The number of hydrogen-bond donors (Lipinski definition) is 0. The molecule has 1 aliphatic heterocycles. The Kier molecular flexibility index (Phi) is 5.16. The van der Waals surface area contributed by atoms with Gasteiger partial charge in [0.2, 0.25) is 15.7 Å². The Labute approximate surface area is 141 Å². The lowest BCUT2D eigenvalue weighted by Crippen LogP contribution is -2.48. The van der Waals surface area contributed by atoms with Gasteiger partial charge in [0.1, 0.15) is 0 Å². The molecule has 0 N–H and O–H groups in total. The van der Waals surface area contributed by atoms with Gasteiger partial charge in [0, 0.05) is 35.4 Å². The molecule has 1 heterocycles. The van der Waals surface area contributed by atoms with Crippen LogP contribution in [0.15, 0.2) is 27.6 Å². The van der Waals surface area contributed by atoms with Crippen molar-refractivity contribution in [2.75, 3.05) is 20.2 Å². The van der Waals surface area contributed by atoms with Crippen LogP contribution in [0.2, 0.25) is 5.02 Å². The smallest absolute Gasteiger partial charge is 0.343 e. The molecule has 1 aromatic carbocycles. The molecule has 0 atom stereocenters. The zero-order valence-corrected chi connectivity index (χ0v) is 14.8. The van der Waals surface area contributed by atoms with E-state index in [1.807, 2.05) is 0 Å². The summed E-state index contributed by atoms with van der Waals surface area (Å²) in [5, 5.41) is 0.401. The largest absolute Gasteiger partial charge is 0.467 e. The van der Waals surface area contributed by atoms with E-state index in [1.165, 1.54) is 18.2 Å². The van der Waals surface area contributed by atoms with E-state index in [0.717, 1.165) is 11.4 Å². The average molecular weight is 415 g/mol. The van der Waals surface area contributed by atoms with Gasteiger partial charge < -0.3 is 4.74 Å². The normalized spacial score (nSPS) is 18.9. The van der Waals surface area contributed by atoms with Gasteiger partial charge in [0.05, 0.1) is 12.0 Å². The molecule has 9 heteroatoms. The molecule has 0 bridgehead atoms. The summed E-state index contributed by atoms with van der Waals surface area (Å²) in [5.41, 5.74) is -2.13. The quantitative estimate of drug-likeness (QED) is 0.714. The molecule has 0 unspecified atom stereocenters. The highest BCUT2D eigenvalue weighted by Gasteiger charge is 2.45. The molecule has 1 aromatic rings. The molecule has 0 spiro atoms. The summed E-state index contributed by atoms with van der Waals surface area (Å²) in [6.45, 7) is -0.188. The first kappa shape index (κ1) is 17.7. The van der Waals surface area contributed by atoms with Crippen LogP contribution in [-0.2, 0) is 19.6 Å². The first-order chi connectivity index (χ1) is 10.2. The molecule has 0 saturated carbocycles. The van der Waals surface area contributed by atoms with E-state index in [9.17, 15) is 17.6 Å². The van der Waals surface area contributed by atoms with Crippen molar-refractivity contribution in [3.05, 3.63) is 27.7 Å². The zero-order valence-electron chi connectivity index (χ0n) is 11.7. The number of benzene rings is 1. The summed E-state index contributed by atoms with van der Waals surface area (Å²) >= 11 is 8.97. The standard InChI is InChI=1S/C13H14BrClFNO4S/c1-21-12(18)13(16)4-6-17(7-5-13)22(19,20)11-3-2-9(15)8-10(11)14/h2-3,8H,4-7H2,1H3. The Morgan fingerprint density at radius 2 is 2.00 bits per heavy atom. The minimum absolute atomic E-state index is 0.0568. The molecule has 1 aliphatic rings. The van der Waals surface area contributed by atoms with Crippen molar-refractivity contribution >= 4 is 43.5 Å². The molecule has 122 valence electrons. The van der Waals surface area contributed by atoms with Crippen molar-refractivity contribution in [1.29, 1.82) is 0 Å². The lowest BCUT2D eigenvalue weighted by molar-refractivity contribution is -0.157. The number of carbonyl (C=O) groups excluding carboxylic acids is 1. The molecule has 0 aliphatic carbocycles. The number of methoxy groups -OCH3 is 1. The second kappa shape index (κ2) is 6.43. The third-order valence-electron chi connectivity index (χ3n) is 3.58. The number of carbonyl (C=O) groups is 1. The second-order valence-electron chi connectivity index (χ2n) is 4.94. The minimum Gasteiger partial charge on any atom is -0.467 e. The first-order valence-electron chi connectivity index (χ1n) is 6.43. The Bertz CT molecular complexity index is 689. The summed E-state index contributed by atoms with van der Waals surface area (Å²) in [4.78, 5) is 11.5. The number of halogens is 3. The van der Waals surface area contributed by atoms with Crippen LogP contribution in [0.1, 0.15) is 12.8 Å². The molecule has 1 fully saturated rings. The number of sulfonamides is 1. The van der Waals surface area contributed by atoms with Crippen LogP contribution in [0.5, 0.6) is 0 Å². The number of alkyl halides is 1. The highest BCUT2D eigenvalue weighted by Crippen LogP contribution is 2.33. The Hall–Kier alpha value is -0.700. The van der Waals surface area contributed by atoms with E-state index in [0.29, 0.717) is 9.50 Å². The Morgan fingerprint density at radius 3 is 2.50 bits per heavy atom. The van der Waals surface area contributed by atoms with Crippen LogP contribution in [-0.4, -0.2) is 44.6 Å². The maximum atomic E-state index is 14.3. The maximum absolute atomic E-state index is 14.3. The van der Waals surface area contributed by atoms with Crippen molar-refractivity contribution in [3.8, 4) is 0 Å². The molecule has 0 radical (unpaired) electrons. The van der Waals surface area contributed by atoms with Crippen LogP contribution in [0.25, 0.3) is 0 Å². The lowest BCUT2D eigenvalue weighted by atomic mass is 9.95. The van der Waals surface area contributed by atoms with Gasteiger partial charge in [-0.05, 0) is 34.1 Å². The molecular weight excluding hydrogens is 401 g/mol. The number of rotatable bonds is 3. The fourth-order valence-electron chi connectivity index (χ4n) is 2.29. The molecule has 22 heavy (non-hydrogen) atoms. The first-order valence-corrected chi connectivity index (χ1v) is 9.04. The van der Waals surface area contributed by atoms with Gasteiger partial charge in [0.25, 0.3) is 0 Å². The van der Waals surface area contributed by atoms with Crippen molar-refractivity contribution in [1.82, 2.24) is 4.31 Å². The fraction of sp³-hybridized carbons (Fsp3) is 0.462. The summed E-state index contributed by atoms with van der Waals surface area (Å²) in [6, 6.07) is 4.34. The number of nitrogens with zero attached hydrogens (tertiary/aromatic N) is 1. The predicted molar refractivity (Wildman–Crippen MR) is 83.0 cm³/mol. The van der Waals surface area contributed by atoms with Crippen molar-refractivity contribution in [2.24, 2.45) is 0 Å². The Balaban J connectivity index is 2.21. The Morgan fingerprint density at radius 1 is 1.41 bits per heavy atom. The monoisotopic (exact) mass is 413 g/mol. The lowest BCUT2D eigenvalue weighted by Gasteiger charge is -2.33. The number of hydrogen-bond acceptors (Lipinski definition) is 4. The highest BCUT2D eigenvalue weighted by atomic mass is 79.9. The highest BCUT2D eigenvalue weighted by molar-refractivity contribution is 9.10. The van der Waals surface area contributed by atoms with E-state index < -0.39 is 21.7 Å². The molecule has 2 rings (SSSR count). The van der Waals surface area contributed by atoms with Crippen molar-refractivity contribution in [3.63, 3.8) is 0 Å². The predicted octanol–water partition coefficient (Wildman–Crippen LogP) is 2.77. The van der Waals surface area contributed by atoms with E-state index in [-0.39, 0.29) is 30.8 Å². The van der Waals surface area contributed by atoms with Gasteiger partial charge in [-0.25, -0.2) is 17.6 Å². The van der Waals surface area contributed by atoms with Crippen molar-refractivity contribution in [2.45, 2.75) is 23.4 Å². The van der Waals surface area contributed by atoms with Crippen LogP contribution in [0, 0.1) is 0 Å². The number of piperidine rings is 1. The van der Waals surface area contributed by atoms with Gasteiger partial charge in [-0.3, -0.25) is 0 Å². The van der Waals surface area contributed by atoms with Gasteiger partial charge in [-0.1, -0.05) is 11.6 Å². The second-order valence-corrected chi connectivity index (χ2v) is 8.13. The maximum Gasteiger partial charge on any atom is 0.343 e. The van der Waals surface area contributed by atoms with Crippen LogP contribution in [0.4, 0.5) is 4.39 Å². The number of esters is 1.